The van der Waals surface area contributed by atoms with E-state index in [1.54, 1.807) is 6.20 Å². The van der Waals surface area contributed by atoms with Crippen LogP contribution in [0.2, 0.25) is 0 Å². The highest BCUT2D eigenvalue weighted by atomic mass is 32.1. The van der Waals surface area contributed by atoms with Gasteiger partial charge in [-0.2, -0.15) is 4.98 Å². The van der Waals surface area contributed by atoms with Gasteiger partial charge in [0.15, 0.2) is 5.58 Å². The molecule has 1 N–H and O–H groups in total. The number of pyridine rings is 1. The van der Waals surface area contributed by atoms with Crippen molar-refractivity contribution in [2.24, 2.45) is 5.92 Å². The van der Waals surface area contributed by atoms with Crippen LogP contribution in [0.1, 0.15) is 23.0 Å². The second-order valence-corrected chi connectivity index (χ2v) is 9.57. The lowest BCUT2D eigenvalue weighted by Crippen LogP contribution is -2.27. The minimum Gasteiger partial charge on any atom is -0.456 e. The number of benzene rings is 2. The number of amides is 1. The van der Waals surface area contributed by atoms with Gasteiger partial charge >= 0.3 is 0 Å². The van der Waals surface area contributed by atoms with E-state index in [1.807, 2.05) is 65.6 Å². The average Bonchev–Trinajstić information content (AvgIpc) is 3.57. The van der Waals surface area contributed by atoms with Crippen LogP contribution < -0.4 is 10.1 Å². The third-order valence-electron chi connectivity index (χ3n) is 5.91. The first-order chi connectivity index (χ1) is 16.6. The normalized spacial score (nSPS) is 15.8. The van der Waals surface area contributed by atoms with E-state index in [0.29, 0.717) is 39.4 Å². The molecule has 2 aromatic carbocycles. The third kappa shape index (κ3) is 3.97. The second-order valence-electron chi connectivity index (χ2n) is 8.52. The summed E-state index contributed by atoms with van der Waals surface area (Å²) in [6.45, 7) is 3.80. The van der Waals surface area contributed by atoms with Crippen molar-refractivity contribution in [1.82, 2.24) is 14.9 Å². The molecule has 170 valence electrons. The van der Waals surface area contributed by atoms with Crippen molar-refractivity contribution in [3.63, 3.8) is 0 Å². The van der Waals surface area contributed by atoms with Gasteiger partial charge in [-0.3, -0.25) is 9.78 Å². The van der Waals surface area contributed by atoms with Gasteiger partial charge in [0, 0.05) is 37.1 Å². The number of thiophene rings is 1. The van der Waals surface area contributed by atoms with E-state index in [4.69, 9.17) is 9.15 Å². The largest absolute Gasteiger partial charge is 0.456 e. The number of anilines is 2. The summed E-state index contributed by atoms with van der Waals surface area (Å²) >= 11 is 1.43. The zero-order valence-electron chi connectivity index (χ0n) is 18.5. The Labute approximate surface area is 200 Å². The molecule has 0 radical (unpaired) electrons. The fourth-order valence-electron chi connectivity index (χ4n) is 4.17. The van der Waals surface area contributed by atoms with E-state index in [9.17, 15) is 4.79 Å². The second kappa shape index (κ2) is 8.46. The molecule has 7 nitrogen and oxygen atoms in total. The highest BCUT2D eigenvalue weighted by Crippen LogP contribution is 2.36. The van der Waals surface area contributed by atoms with E-state index >= 15 is 0 Å². The molecular formula is C26H22N4O3S. The van der Waals surface area contributed by atoms with Gasteiger partial charge < -0.3 is 19.4 Å². The highest BCUT2D eigenvalue weighted by molar-refractivity contribution is 7.21. The van der Waals surface area contributed by atoms with Crippen molar-refractivity contribution in [2.75, 3.05) is 18.4 Å². The third-order valence-corrected chi connectivity index (χ3v) is 7.04. The van der Waals surface area contributed by atoms with Crippen LogP contribution in [0.25, 0.3) is 21.3 Å². The number of nitrogens with zero attached hydrogens (tertiary/aromatic N) is 3. The van der Waals surface area contributed by atoms with Gasteiger partial charge in [-0.1, -0.05) is 25.1 Å². The first kappa shape index (κ1) is 20.7. The molecule has 6 rings (SSSR count). The SMILES string of the molecule is C[C@H]1CCN(C(=O)c2cc3nccc(Oc4ccc5oc(Nc6ccccc6)nc5c4)c3s2)C1. The van der Waals surface area contributed by atoms with E-state index in [1.165, 1.54) is 11.3 Å². The summed E-state index contributed by atoms with van der Waals surface area (Å²) in [6.07, 6.45) is 2.75. The lowest BCUT2D eigenvalue weighted by Gasteiger charge is -2.14. The molecule has 0 aliphatic carbocycles. The molecule has 1 amide bonds. The summed E-state index contributed by atoms with van der Waals surface area (Å²) in [6, 6.07) is 19.4. The molecule has 1 atom stereocenters. The Morgan fingerprint density at radius 3 is 2.85 bits per heavy atom. The van der Waals surface area contributed by atoms with Crippen LogP contribution in [-0.2, 0) is 0 Å². The molecule has 8 heteroatoms. The minimum atomic E-state index is 0.0702. The number of oxazole rings is 1. The molecule has 0 unspecified atom stereocenters. The predicted octanol–water partition coefficient (Wildman–Crippen LogP) is 6.46. The monoisotopic (exact) mass is 470 g/mol. The molecule has 3 aromatic heterocycles. The van der Waals surface area contributed by atoms with E-state index in [2.05, 4.69) is 22.2 Å². The Morgan fingerprint density at radius 2 is 2.03 bits per heavy atom. The number of nitrogens with one attached hydrogen (secondary N) is 1. The molecular weight excluding hydrogens is 448 g/mol. The number of hydrogen-bond donors (Lipinski definition) is 1. The zero-order chi connectivity index (χ0) is 23.1. The van der Waals surface area contributed by atoms with E-state index in [0.717, 1.165) is 35.4 Å². The van der Waals surface area contributed by atoms with Crippen LogP contribution in [0.4, 0.5) is 11.7 Å². The van der Waals surface area contributed by atoms with Crippen LogP contribution >= 0.6 is 11.3 Å². The molecule has 34 heavy (non-hydrogen) atoms. The van der Waals surface area contributed by atoms with Gasteiger partial charge in [0.25, 0.3) is 11.9 Å². The lowest BCUT2D eigenvalue weighted by atomic mass is 10.2. The van der Waals surface area contributed by atoms with Crippen molar-refractivity contribution in [2.45, 2.75) is 13.3 Å². The summed E-state index contributed by atoms with van der Waals surface area (Å²) in [5, 5.41) is 3.16. The maximum absolute atomic E-state index is 13.0. The van der Waals surface area contributed by atoms with Gasteiger partial charge in [0.2, 0.25) is 0 Å². The van der Waals surface area contributed by atoms with Crippen LogP contribution in [0.15, 0.2) is 71.3 Å². The van der Waals surface area contributed by atoms with Gasteiger partial charge in [-0.15, -0.1) is 11.3 Å². The number of fused-ring (bicyclic) bond motifs is 2. The number of carbonyl (C=O) groups is 1. The summed E-state index contributed by atoms with van der Waals surface area (Å²) in [7, 11) is 0. The molecule has 0 saturated carbocycles. The first-order valence-electron chi connectivity index (χ1n) is 11.2. The number of likely N-dealkylation sites (tertiary alicyclic amines) is 1. The summed E-state index contributed by atoms with van der Waals surface area (Å²) in [4.78, 5) is 24.5. The van der Waals surface area contributed by atoms with Gasteiger partial charge in [-0.25, -0.2) is 0 Å². The molecule has 1 saturated heterocycles. The predicted molar refractivity (Wildman–Crippen MR) is 133 cm³/mol. The van der Waals surface area contributed by atoms with Gasteiger partial charge in [0.05, 0.1) is 15.1 Å². The molecule has 1 aliphatic heterocycles. The van der Waals surface area contributed by atoms with Gasteiger partial charge in [0.1, 0.15) is 17.0 Å². The van der Waals surface area contributed by atoms with Crippen LogP contribution in [0.3, 0.4) is 0 Å². The van der Waals surface area contributed by atoms with Crippen LogP contribution in [-0.4, -0.2) is 33.9 Å². The van der Waals surface area contributed by atoms with Gasteiger partial charge in [-0.05, 0) is 42.7 Å². The maximum atomic E-state index is 13.0. The standard InChI is InChI=1S/C26H22N4O3S/c1-16-10-12-30(15-16)25(31)23-14-20-24(34-23)22(9-11-27-20)32-18-7-8-21-19(13-18)29-26(33-21)28-17-5-3-2-4-6-17/h2-9,11,13-14,16H,10,12,15H2,1H3,(H,28,29)/t16-/m0/s1. The first-order valence-corrected chi connectivity index (χ1v) is 12.0. The zero-order valence-corrected chi connectivity index (χ0v) is 19.3. The molecule has 5 aromatic rings. The van der Waals surface area contributed by atoms with Crippen molar-refractivity contribution >= 4 is 50.3 Å². The molecule has 0 bridgehead atoms. The summed E-state index contributed by atoms with van der Waals surface area (Å²) in [5.74, 6) is 1.91. The summed E-state index contributed by atoms with van der Waals surface area (Å²) < 4.78 is 12.9. The van der Waals surface area contributed by atoms with Crippen molar-refractivity contribution in [3.8, 4) is 11.5 Å². The number of aromatic nitrogens is 2. The van der Waals surface area contributed by atoms with Crippen LogP contribution in [0.5, 0.6) is 11.5 Å². The smallest absolute Gasteiger partial charge is 0.300 e. The number of rotatable bonds is 5. The van der Waals surface area contributed by atoms with Crippen molar-refractivity contribution in [1.29, 1.82) is 0 Å². The maximum Gasteiger partial charge on any atom is 0.300 e. The average molecular weight is 471 g/mol. The number of hydrogen-bond acceptors (Lipinski definition) is 7. The Morgan fingerprint density at radius 1 is 1.15 bits per heavy atom. The molecule has 4 heterocycles. The number of ether oxygens (including phenoxy) is 1. The molecule has 1 aliphatic rings. The highest BCUT2D eigenvalue weighted by Gasteiger charge is 2.26. The van der Waals surface area contributed by atoms with Crippen molar-refractivity contribution < 1.29 is 13.9 Å². The molecule has 0 spiro atoms. The minimum absolute atomic E-state index is 0.0702. The Bertz CT molecular complexity index is 1490. The number of para-hydroxylation sites is 1. The quantitative estimate of drug-likeness (QED) is 0.318. The van der Waals surface area contributed by atoms with E-state index < -0.39 is 0 Å². The Kier molecular flexibility index (Phi) is 5.15. The van der Waals surface area contributed by atoms with Crippen LogP contribution in [0, 0.1) is 5.92 Å². The Hall–Kier alpha value is -3.91. The summed E-state index contributed by atoms with van der Waals surface area (Å²) in [5.41, 5.74) is 3.01. The fourth-order valence-corrected chi connectivity index (χ4v) is 5.21. The fraction of sp³-hybridized carbons (Fsp3) is 0.192. The number of carbonyl (C=O) groups excluding carboxylic acids is 1. The molecule has 1 fully saturated rings. The lowest BCUT2D eigenvalue weighted by molar-refractivity contribution is 0.0793. The topological polar surface area (TPSA) is 80.5 Å². The van der Waals surface area contributed by atoms with E-state index in [-0.39, 0.29) is 5.91 Å². The van der Waals surface area contributed by atoms with Crippen molar-refractivity contribution in [3.05, 3.63) is 71.7 Å². The Balaban J connectivity index is 1.26.